The summed E-state index contributed by atoms with van der Waals surface area (Å²) in [5.41, 5.74) is 0.380. The van der Waals surface area contributed by atoms with Crippen LogP contribution in [0.15, 0.2) is 54.6 Å². The van der Waals surface area contributed by atoms with Crippen molar-refractivity contribution in [2.45, 2.75) is 25.9 Å². The molecule has 0 aliphatic carbocycles. The Balaban J connectivity index is 2.20. The number of para-hydroxylation sites is 1. The molecule has 2 aromatic rings. The highest BCUT2D eigenvalue weighted by atomic mass is 32.2. The molecule has 0 saturated heterocycles. The average molecular weight is 407 g/mol. The van der Waals surface area contributed by atoms with Gasteiger partial charge < -0.3 is 14.8 Å². The van der Waals surface area contributed by atoms with Gasteiger partial charge in [0.25, 0.3) is 0 Å². The lowest BCUT2D eigenvalue weighted by Crippen LogP contribution is -2.50. The Labute approximate surface area is 166 Å². The molecule has 1 N–H and O–H groups in total. The van der Waals surface area contributed by atoms with Crippen molar-refractivity contribution in [3.63, 3.8) is 0 Å². The molecule has 0 heterocycles. The normalized spacial score (nSPS) is 13.4. The van der Waals surface area contributed by atoms with E-state index in [2.05, 4.69) is 5.32 Å². The first-order valence-corrected chi connectivity index (χ1v) is 10.7. The Morgan fingerprint density at radius 1 is 1.04 bits per heavy atom. The third-order valence-electron chi connectivity index (χ3n) is 3.96. The molecule has 0 radical (unpaired) electrons. The second-order valence-electron chi connectivity index (χ2n) is 6.51. The molecule has 2 aromatic carbocycles. The van der Waals surface area contributed by atoms with E-state index in [0.29, 0.717) is 23.8 Å². The van der Waals surface area contributed by atoms with Crippen molar-refractivity contribution < 1.29 is 22.7 Å². The largest absolute Gasteiger partial charge is 0.457 e. The van der Waals surface area contributed by atoms with Gasteiger partial charge in [0.1, 0.15) is 17.5 Å². The first-order valence-electron chi connectivity index (χ1n) is 8.84. The number of ether oxygens (including phenoxy) is 2. The number of nitrogens with one attached hydrogen (secondary N) is 1. The van der Waals surface area contributed by atoms with Crippen LogP contribution in [0.1, 0.15) is 13.8 Å². The summed E-state index contributed by atoms with van der Waals surface area (Å²) >= 11 is 0. The van der Waals surface area contributed by atoms with Gasteiger partial charge in [-0.05, 0) is 50.2 Å². The Kier molecular flexibility index (Phi) is 7.42. The molecule has 2 atom stereocenters. The Bertz CT molecular complexity index is 869. The maximum atomic E-state index is 12.5. The molecule has 7 nitrogen and oxygen atoms in total. The van der Waals surface area contributed by atoms with Crippen molar-refractivity contribution in [1.82, 2.24) is 5.32 Å². The highest BCUT2D eigenvalue weighted by molar-refractivity contribution is 7.92. The van der Waals surface area contributed by atoms with Crippen LogP contribution in [0.5, 0.6) is 11.5 Å². The fourth-order valence-corrected chi connectivity index (χ4v) is 3.92. The van der Waals surface area contributed by atoms with Crippen LogP contribution in [-0.2, 0) is 19.6 Å². The summed E-state index contributed by atoms with van der Waals surface area (Å²) < 4.78 is 36.5. The van der Waals surface area contributed by atoms with Gasteiger partial charge in [0, 0.05) is 13.2 Å². The number of anilines is 1. The molecule has 28 heavy (non-hydrogen) atoms. The molecule has 0 spiro atoms. The molecular weight excluding hydrogens is 380 g/mol. The predicted molar refractivity (Wildman–Crippen MR) is 109 cm³/mol. The van der Waals surface area contributed by atoms with E-state index in [-0.39, 0.29) is 6.04 Å². The summed E-state index contributed by atoms with van der Waals surface area (Å²) in [4.78, 5) is 12.5. The minimum Gasteiger partial charge on any atom is -0.457 e. The second-order valence-corrected chi connectivity index (χ2v) is 8.37. The van der Waals surface area contributed by atoms with Gasteiger partial charge in [0.15, 0.2) is 0 Å². The van der Waals surface area contributed by atoms with E-state index < -0.39 is 22.0 Å². The molecular formula is C20H26N2O5S. The van der Waals surface area contributed by atoms with Crippen LogP contribution in [0.25, 0.3) is 0 Å². The molecule has 152 valence electrons. The van der Waals surface area contributed by atoms with Crippen LogP contribution in [0.4, 0.5) is 5.69 Å². The van der Waals surface area contributed by atoms with Crippen LogP contribution in [0, 0.1) is 0 Å². The topological polar surface area (TPSA) is 84.9 Å². The lowest BCUT2D eigenvalue weighted by Gasteiger charge is -2.29. The maximum absolute atomic E-state index is 12.5. The van der Waals surface area contributed by atoms with Crippen LogP contribution >= 0.6 is 0 Å². The molecule has 8 heteroatoms. The van der Waals surface area contributed by atoms with Crippen LogP contribution in [0.2, 0.25) is 0 Å². The summed E-state index contributed by atoms with van der Waals surface area (Å²) in [7, 11) is -2.15. The molecule has 0 aliphatic rings. The molecule has 0 saturated carbocycles. The minimum atomic E-state index is -3.68. The second kappa shape index (κ2) is 9.57. The van der Waals surface area contributed by atoms with Gasteiger partial charge in [-0.3, -0.25) is 9.10 Å². The van der Waals surface area contributed by atoms with E-state index in [1.54, 1.807) is 38.1 Å². The van der Waals surface area contributed by atoms with E-state index in [1.807, 2.05) is 30.3 Å². The highest BCUT2D eigenvalue weighted by Crippen LogP contribution is 2.26. The van der Waals surface area contributed by atoms with Gasteiger partial charge in [0.05, 0.1) is 18.6 Å². The summed E-state index contributed by atoms with van der Waals surface area (Å²) in [5.74, 6) is 0.837. The minimum absolute atomic E-state index is 0.233. The predicted octanol–water partition coefficient (Wildman–Crippen LogP) is 2.78. The molecule has 0 bridgehead atoms. The number of methoxy groups -OCH3 is 1. The zero-order valence-electron chi connectivity index (χ0n) is 16.5. The van der Waals surface area contributed by atoms with Gasteiger partial charge >= 0.3 is 0 Å². The number of hydrogen-bond donors (Lipinski definition) is 1. The monoisotopic (exact) mass is 406 g/mol. The number of hydrogen-bond acceptors (Lipinski definition) is 5. The van der Waals surface area contributed by atoms with Crippen LogP contribution in [0.3, 0.4) is 0 Å². The summed E-state index contributed by atoms with van der Waals surface area (Å²) in [6.07, 6.45) is 1.07. The van der Waals surface area contributed by atoms with Gasteiger partial charge in [-0.15, -0.1) is 0 Å². The maximum Gasteiger partial charge on any atom is 0.243 e. The molecule has 0 unspecified atom stereocenters. The van der Waals surface area contributed by atoms with E-state index in [4.69, 9.17) is 9.47 Å². The first kappa shape index (κ1) is 21.7. The SMILES string of the molecule is COC[C@@H](C)NC(=O)[C@@H](C)N(c1ccc(Oc2ccccc2)cc1)S(C)(=O)=O. The van der Waals surface area contributed by atoms with E-state index in [0.717, 1.165) is 10.6 Å². The summed E-state index contributed by atoms with van der Waals surface area (Å²) in [5, 5.41) is 2.75. The zero-order chi connectivity index (χ0) is 20.7. The lowest BCUT2D eigenvalue weighted by atomic mass is 10.2. The van der Waals surface area contributed by atoms with Crippen LogP contribution < -0.4 is 14.4 Å². The first-order chi connectivity index (χ1) is 13.2. The zero-order valence-corrected chi connectivity index (χ0v) is 17.3. The third-order valence-corrected chi connectivity index (χ3v) is 5.21. The van der Waals surface area contributed by atoms with Gasteiger partial charge in [-0.25, -0.2) is 8.42 Å². The third kappa shape index (κ3) is 5.97. The highest BCUT2D eigenvalue weighted by Gasteiger charge is 2.29. The van der Waals surface area contributed by atoms with Gasteiger partial charge in [-0.1, -0.05) is 18.2 Å². The molecule has 2 rings (SSSR count). The van der Waals surface area contributed by atoms with E-state index in [9.17, 15) is 13.2 Å². The van der Waals surface area contributed by atoms with Crippen molar-refractivity contribution in [2.24, 2.45) is 0 Å². The number of carbonyl (C=O) groups is 1. The fraction of sp³-hybridized carbons (Fsp3) is 0.350. The number of nitrogens with zero attached hydrogens (tertiary/aromatic N) is 1. The number of sulfonamides is 1. The van der Waals surface area contributed by atoms with E-state index >= 15 is 0 Å². The van der Waals surface area contributed by atoms with Crippen molar-refractivity contribution in [2.75, 3.05) is 24.3 Å². The molecule has 1 amide bonds. The smallest absolute Gasteiger partial charge is 0.243 e. The van der Waals surface area contributed by atoms with Crippen molar-refractivity contribution in [3.05, 3.63) is 54.6 Å². The quantitative estimate of drug-likeness (QED) is 0.692. The molecule has 0 fully saturated rings. The van der Waals surface area contributed by atoms with E-state index in [1.165, 1.54) is 7.11 Å². The summed E-state index contributed by atoms with van der Waals surface area (Å²) in [6.45, 7) is 3.67. The van der Waals surface area contributed by atoms with Gasteiger partial charge in [0.2, 0.25) is 15.9 Å². The number of rotatable bonds is 9. The number of amides is 1. The van der Waals surface area contributed by atoms with Gasteiger partial charge in [-0.2, -0.15) is 0 Å². The van der Waals surface area contributed by atoms with Crippen molar-refractivity contribution in [3.8, 4) is 11.5 Å². The standard InChI is InChI=1S/C20H26N2O5S/c1-15(14-26-3)21-20(23)16(2)22(28(4,24)25)17-10-12-19(13-11-17)27-18-8-6-5-7-9-18/h5-13,15-16H,14H2,1-4H3,(H,21,23)/t15-,16-/m1/s1. The van der Waals surface area contributed by atoms with Crippen LogP contribution in [-0.4, -0.2) is 46.4 Å². The number of carbonyl (C=O) groups excluding carboxylic acids is 1. The average Bonchev–Trinajstić information content (AvgIpc) is 2.63. The van der Waals surface area contributed by atoms with Crippen molar-refractivity contribution in [1.29, 1.82) is 0 Å². The number of benzene rings is 2. The Morgan fingerprint density at radius 2 is 1.61 bits per heavy atom. The fourth-order valence-electron chi connectivity index (χ4n) is 2.75. The van der Waals surface area contributed by atoms with Crippen molar-refractivity contribution >= 4 is 21.6 Å². The Morgan fingerprint density at radius 3 is 2.14 bits per heavy atom. The Hall–Kier alpha value is -2.58. The molecule has 0 aromatic heterocycles. The summed E-state index contributed by atoms with van der Waals surface area (Å²) in [6, 6.07) is 14.7. The molecule has 0 aliphatic heterocycles. The lowest BCUT2D eigenvalue weighted by molar-refractivity contribution is -0.122.